The zero-order chi connectivity index (χ0) is 32.6. The Morgan fingerprint density at radius 3 is 1.55 bits per heavy atom. The summed E-state index contributed by atoms with van der Waals surface area (Å²) in [6.07, 6.45) is -5.59. The summed E-state index contributed by atoms with van der Waals surface area (Å²) in [4.78, 5) is 46.3. The SMILES string of the molecule is NNC(=O)CCC(=O)NCCCOCCOCCOCCCNC(=O)CCC(=O)NCCO[C@@H]1O[C@H](CO)[C@@H](O)[C@H](O)[C@H]1O. The Kier molecular flexibility index (Phi) is 22.2. The van der Waals surface area contributed by atoms with E-state index in [1.807, 2.05) is 5.43 Å². The highest BCUT2D eigenvalue weighted by Gasteiger charge is 2.43. The summed E-state index contributed by atoms with van der Waals surface area (Å²) in [6.45, 7) is 2.75. The quantitative estimate of drug-likeness (QED) is 0.0197. The van der Waals surface area contributed by atoms with Gasteiger partial charge in [0.2, 0.25) is 23.6 Å². The van der Waals surface area contributed by atoms with Gasteiger partial charge in [0.15, 0.2) is 6.29 Å². The molecule has 0 aliphatic carbocycles. The molecule has 1 aliphatic rings. The molecular weight excluding hydrogens is 590 g/mol. The second-order valence-corrected chi connectivity index (χ2v) is 9.73. The first-order chi connectivity index (χ1) is 21.2. The van der Waals surface area contributed by atoms with Gasteiger partial charge in [0.25, 0.3) is 0 Å². The zero-order valence-electron chi connectivity index (χ0n) is 24.9. The molecule has 10 N–H and O–H groups in total. The second kappa shape index (κ2) is 24.8. The molecule has 4 amide bonds. The Labute approximate surface area is 256 Å². The van der Waals surface area contributed by atoms with Crippen LogP contribution in [0.4, 0.5) is 0 Å². The van der Waals surface area contributed by atoms with Crippen LogP contribution >= 0.6 is 0 Å². The van der Waals surface area contributed by atoms with Crippen LogP contribution in [0.2, 0.25) is 0 Å². The lowest BCUT2D eigenvalue weighted by molar-refractivity contribution is -0.300. The highest BCUT2D eigenvalue weighted by atomic mass is 16.7. The number of carbonyl (C=O) groups is 4. The van der Waals surface area contributed by atoms with Crippen LogP contribution in [0.25, 0.3) is 0 Å². The first-order valence-corrected chi connectivity index (χ1v) is 14.6. The maximum absolute atomic E-state index is 11.9. The van der Waals surface area contributed by atoms with Gasteiger partial charge in [-0.1, -0.05) is 0 Å². The van der Waals surface area contributed by atoms with Gasteiger partial charge in [-0.2, -0.15) is 0 Å². The van der Waals surface area contributed by atoms with Gasteiger partial charge in [-0.05, 0) is 12.8 Å². The minimum Gasteiger partial charge on any atom is -0.394 e. The molecule has 256 valence electrons. The number of hydrogen-bond donors (Lipinski definition) is 9. The fourth-order valence-corrected chi connectivity index (χ4v) is 3.71. The van der Waals surface area contributed by atoms with Gasteiger partial charge in [0, 0.05) is 58.5 Å². The van der Waals surface area contributed by atoms with Crippen molar-refractivity contribution in [1.82, 2.24) is 21.4 Å². The average molecular weight is 640 g/mol. The Balaban J connectivity index is 1.88. The van der Waals surface area contributed by atoms with Crippen LogP contribution in [0.1, 0.15) is 38.5 Å². The summed E-state index contributed by atoms with van der Waals surface area (Å²) in [5, 5.41) is 46.5. The van der Waals surface area contributed by atoms with E-state index in [0.717, 1.165) is 0 Å². The van der Waals surface area contributed by atoms with Crippen molar-refractivity contribution >= 4 is 23.6 Å². The minimum atomic E-state index is -1.55. The van der Waals surface area contributed by atoms with E-state index in [1.165, 1.54) is 0 Å². The molecule has 0 aromatic heterocycles. The molecule has 18 nitrogen and oxygen atoms in total. The molecule has 0 bridgehead atoms. The van der Waals surface area contributed by atoms with E-state index >= 15 is 0 Å². The maximum atomic E-state index is 11.9. The lowest BCUT2D eigenvalue weighted by Gasteiger charge is -2.39. The predicted molar refractivity (Wildman–Crippen MR) is 151 cm³/mol. The maximum Gasteiger partial charge on any atom is 0.234 e. The molecule has 5 atom stereocenters. The van der Waals surface area contributed by atoms with E-state index in [9.17, 15) is 34.5 Å². The van der Waals surface area contributed by atoms with Crippen LogP contribution in [0.3, 0.4) is 0 Å². The van der Waals surface area contributed by atoms with Gasteiger partial charge >= 0.3 is 0 Å². The van der Waals surface area contributed by atoms with Crippen LogP contribution in [0.5, 0.6) is 0 Å². The van der Waals surface area contributed by atoms with Crippen molar-refractivity contribution in [1.29, 1.82) is 0 Å². The van der Waals surface area contributed by atoms with Crippen molar-refractivity contribution < 1.29 is 63.3 Å². The normalized spacial score (nSPS) is 21.4. The summed E-state index contributed by atoms with van der Waals surface area (Å²) in [5.74, 6) is 3.68. The number of nitrogens with one attached hydrogen (secondary N) is 4. The van der Waals surface area contributed by atoms with E-state index in [0.29, 0.717) is 65.6 Å². The summed E-state index contributed by atoms with van der Waals surface area (Å²) in [7, 11) is 0. The van der Waals surface area contributed by atoms with Gasteiger partial charge < -0.3 is 60.1 Å². The summed E-state index contributed by atoms with van der Waals surface area (Å²) in [5.41, 5.74) is 1.96. The molecule has 0 aromatic carbocycles. The highest BCUT2D eigenvalue weighted by molar-refractivity contribution is 5.84. The fourth-order valence-electron chi connectivity index (χ4n) is 3.71. The van der Waals surface area contributed by atoms with E-state index in [1.54, 1.807) is 0 Å². The Morgan fingerprint density at radius 2 is 1.07 bits per heavy atom. The zero-order valence-corrected chi connectivity index (χ0v) is 24.9. The van der Waals surface area contributed by atoms with E-state index in [2.05, 4.69) is 16.0 Å². The van der Waals surface area contributed by atoms with Crippen molar-refractivity contribution in [3.63, 3.8) is 0 Å². The minimum absolute atomic E-state index is 0.000123. The van der Waals surface area contributed by atoms with Crippen molar-refractivity contribution in [2.24, 2.45) is 5.84 Å². The third-order valence-electron chi connectivity index (χ3n) is 6.19. The van der Waals surface area contributed by atoms with Crippen LogP contribution < -0.4 is 27.2 Å². The van der Waals surface area contributed by atoms with Gasteiger partial charge in [-0.25, -0.2) is 5.84 Å². The number of hydrazine groups is 1. The lowest BCUT2D eigenvalue weighted by Crippen LogP contribution is -2.59. The number of hydrogen-bond acceptors (Lipinski definition) is 14. The number of amides is 4. The smallest absolute Gasteiger partial charge is 0.234 e. The standard InChI is InChI=1S/C26H49N5O13/c27-31-22(36)6-5-20(34)29-8-2-11-41-14-16-42-15-13-40-10-1-7-28-19(33)3-4-21(35)30-9-12-43-26-25(39)24(38)23(37)18(17-32)44-26/h18,23-26,32,37-39H,1-17,27H2,(H,28,33)(H,29,34)(H,30,35)(H,31,36)/t18-,23-,24+,25-,26-/m1/s1. The van der Waals surface area contributed by atoms with Gasteiger partial charge in [-0.3, -0.25) is 24.6 Å². The first kappa shape index (κ1) is 39.5. The third kappa shape index (κ3) is 18.3. The molecule has 0 unspecified atom stereocenters. The molecule has 0 aromatic rings. The Bertz CT molecular complexity index is 823. The Hall–Kier alpha value is -2.52. The number of rotatable bonds is 25. The van der Waals surface area contributed by atoms with Gasteiger partial charge in [0.1, 0.15) is 24.4 Å². The summed E-state index contributed by atoms with van der Waals surface area (Å²) in [6, 6.07) is 0. The molecule has 1 fully saturated rings. The molecule has 0 spiro atoms. The number of nitrogens with two attached hydrogens (primary N) is 1. The molecule has 0 saturated carbocycles. The fraction of sp³-hybridized carbons (Fsp3) is 0.846. The highest BCUT2D eigenvalue weighted by Crippen LogP contribution is 2.21. The summed E-state index contributed by atoms with van der Waals surface area (Å²) < 4.78 is 26.7. The number of aliphatic hydroxyl groups is 4. The van der Waals surface area contributed by atoms with Gasteiger partial charge in [-0.15, -0.1) is 0 Å². The van der Waals surface area contributed by atoms with Crippen molar-refractivity contribution in [2.75, 3.05) is 72.5 Å². The molecule has 1 saturated heterocycles. The second-order valence-electron chi connectivity index (χ2n) is 9.73. The molecule has 44 heavy (non-hydrogen) atoms. The molecule has 0 radical (unpaired) electrons. The molecule has 1 heterocycles. The largest absolute Gasteiger partial charge is 0.394 e. The van der Waals surface area contributed by atoms with Crippen molar-refractivity contribution in [3.8, 4) is 0 Å². The van der Waals surface area contributed by atoms with Crippen LogP contribution in [0.15, 0.2) is 0 Å². The van der Waals surface area contributed by atoms with E-state index in [4.69, 9.17) is 34.6 Å². The average Bonchev–Trinajstić information content (AvgIpc) is 3.02. The number of aliphatic hydroxyl groups excluding tert-OH is 4. The molecule has 1 aliphatic heterocycles. The number of carbonyl (C=O) groups excluding carboxylic acids is 4. The lowest BCUT2D eigenvalue weighted by atomic mass is 9.99. The molecule has 1 rings (SSSR count). The van der Waals surface area contributed by atoms with E-state index in [-0.39, 0.29) is 56.6 Å². The van der Waals surface area contributed by atoms with Crippen molar-refractivity contribution in [2.45, 2.75) is 69.2 Å². The monoisotopic (exact) mass is 639 g/mol. The van der Waals surface area contributed by atoms with Crippen LogP contribution in [0, 0.1) is 0 Å². The predicted octanol–water partition coefficient (Wildman–Crippen LogP) is -4.47. The first-order valence-electron chi connectivity index (χ1n) is 14.6. The van der Waals surface area contributed by atoms with Gasteiger partial charge in [0.05, 0.1) is 39.6 Å². The molecule has 18 heteroatoms. The Morgan fingerprint density at radius 1 is 0.614 bits per heavy atom. The molecular formula is C26H49N5O13. The summed E-state index contributed by atoms with van der Waals surface area (Å²) >= 11 is 0. The van der Waals surface area contributed by atoms with Crippen LogP contribution in [-0.4, -0.2) is 147 Å². The van der Waals surface area contributed by atoms with E-state index < -0.39 is 43.2 Å². The van der Waals surface area contributed by atoms with Crippen LogP contribution in [-0.2, 0) is 42.9 Å². The third-order valence-corrected chi connectivity index (χ3v) is 6.19. The topological polar surface area (TPSA) is 269 Å². The number of ether oxygens (including phenoxy) is 5. The van der Waals surface area contributed by atoms with Crippen molar-refractivity contribution in [3.05, 3.63) is 0 Å².